The van der Waals surface area contributed by atoms with Gasteiger partial charge in [0.15, 0.2) is 11.5 Å². The van der Waals surface area contributed by atoms with Crippen molar-refractivity contribution in [3.05, 3.63) is 40.7 Å². The van der Waals surface area contributed by atoms with Gasteiger partial charge in [0.2, 0.25) is 0 Å². The second kappa shape index (κ2) is 11.4. The first-order chi connectivity index (χ1) is 18.4. The van der Waals surface area contributed by atoms with Crippen LogP contribution in [0, 0.1) is 0 Å². The normalized spacial score (nSPS) is 21.9. The topological polar surface area (TPSA) is 133 Å². The Morgan fingerprint density at radius 1 is 1.13 bits per heavy atom. The number of hydrogen-bond donors (Lipinski definition) is 4. The van der Waals surface area contributed by atoms with Crippen LogP contribution in [0.2, 0.25) is 0 Å². The quantitative estimate of drug-likeness (QED) is 0.396. The Bertz CT molecular complexity index is 1220. The van der Waals surface area contributed by atoms with Crippen LogP contribution < -0.4 is 16.4 Å². The van der Waals surface area contributed by atoms with Crippen molar-refractivity contribution in [2.24, 2.45) is 5.73 Å². The summed E-state index contributed by atoms with van der Waals surface area (Å²) in [6, 6.07) is 3.35. The number of nitrogens with two attached hydrogens (primary N) is 1. The molecule has 0 atom stereocenters. The van der Waals surface area contributed by atoms with Crippen molar-refractivity contribution >= 4 is 29.1 Å². The average Bonchev–Trinajstić information content (AvgIpc) is 2.89. The van der Waals surface area contributed by atoms with Gasteiger partial charge in [0.1, 0.15) is 5.82 Å². The number of carbonyl (C=O) groups excluding carboxylic acids is 2. The predicted molar refractivity (Wildman–Crippen MR) is 141 cm³/mol. The van der Waals surface area contributed by atoms with E-state index in [9.17, 15) is 27.9 Å². The highest BCUT2D eigenvalue weighted by Crippen LogP contribution is 2.36. The standard InChI is InChI=1S/C27H35F3N6O3/c1-3-20-23(32-16-9-11-26(2,39)12-10-16)35-24(21(34-20)22(31)37)33-17-7-8-18(19(15-17)27(28,29)30)25(38)36-13-5-4-6-14-36/h7-8,15-16,39H,3-6,9-14H2,1-2H3,(H2,31,37)(H2,32,33,35)/t16-,26+. The number of carbonyl (C=O) groups is 2. The van der Waals surface area contributed by atoms with Crippen LogP contribution in [0.3, 0.4) is 0 Å². The van der Waals surface area contributed by atoms with Crippen LogP contribution in [0.25, 0.3) is 0 Å². The Labute approximate surface area is 225 Å². The largest absolute Gasteiger partial charge is 0.417 e. The molecule has 0 radical (unpaired) electrons. The number of rotatable bonds is 7. The van der Waals surface area contributed by atoms with E-state index in [1.807, 2.05) is 6.92 Å². The maximum Gasteiger partial charge on any atom is 0.417 e. The molecule has 2 aliphatic rings. The zero-order chi connectivity index (χ0) is 28.4. The number of aromatic nitrogens is 2. The van der Waals surface area contributed by atoms with Crippen LogP contribution in [-0.4, -0.2) is 56.5 Å². The minimum absolute atomic E-state index is 0.00835. The second-order valence-electron chi connectivity index (χ2n) is 10.6. The summed E-state index contributed by atoms with van der Waals surface area (Å²) in [5.74, 6) is -1.23. The number of primary amides is 1. The molecule has 4 rings (SSSR count). The lowest BCUT2D eigenvalue weighted by Crippen LogP contribution is -2.36. The summed E-state index contributed by atoms with van der Waals surface area (Å²) in [6.07, 6.45) is 0.705. The number of halogens is 3. The molecule has 1 aromatic carbocycles. The number of benzene rings is 1. The SMILES string of the molecule is CCc1nc(C(N)=O)c(Nc2ccc(C(=O)N3CCCCC3)c(C(F)(F)F)c2)nc1N[C@H]1CC[C@@](C)(O)CC1. The minimum atomic E-state index is -4.78. The van der Waals surface area contributed by atoms with Gasteiger partial charge < -0.3 is 26.4 Å². The third-order valence-corrected chi connectivity index (χ3v) is 7.40. The fraction of sp³-hybridized carbons (Fsp3) is 0.556. The molecule has 2 amide bonds. The molecule has 0 spiro atoms. The number of alkyl halides is 3. The van der Waals surface area contributed by atoms with E-state index in [-0.39, 0.29) is 23.2 Å². The molecule has 2 heterocycles. The molecule has 39 heavy (non-hydrogen) atoms. The van der Waals surface area contributed by atoms with Crippen LogP contribution >= 0.6 is 0 Å². The Morgan fingerprint density at radius 2 is 1.79 bits per heavy atom. The first-order valence-corrected chi connectivity index (χ1v) is 13.3. The highest BCUT2D eigenvalue weighted by molar-refractivity contribution is 5.98. The smallest absolute Gasteiger partial charge is 0.390 e. The minimum Gasteiger partial charge on any atom is -0.390 e. The number of aryl methyl sites for hydroxylation is 1. The van der Waals surface area contributed by atoms with Crippen molar-refractivity contribution in [1.29, 1.82) is 0 Å². The Hall–Kier alpha value is -3.41. The van der Waals surface area contributed by atoms with Crippen molar-refractivity contribution in [1.82, 2.24) is 14.9 Å². The number of amides is 2. The lowest BCUT2D eigenvalue weighted by atomic mass is 9.83. The molecular formula is C27H35F3N6O3. The summed E-state index contributed by atoms with van der Waals surface area (Å²) < 4.78 is 42.2. The molecule has 2 fully saturated rings. The van der Waals surface area contributed by atoms with Gasteiger partial charge >= 0.3 is 6.18 Å². The lowest BCUT2D eigenvalue weighted by Gasteiger charge is -2.34. The zero-order valence-corrected chi connectivity index (χ0v) is 22.2. The molecule has 9 nitrogen and oxygen atoms in total. The fourth-order valence-electron chi connectivity index (χ4n) is 5.12. The van der Waals surface area contributed by atoms with Crippen LogP contribution in [0.1, 0.15) is 90.9 Å². The van der Waals surface area contributed by atoms with E-state index in [4.69, 9.17) is 5.73 Å². The number of nitrogens with zero attached hydrogens (tertiary/aromatic N) is 3. The van der Waals surface area contributed by atoms with E-state index in [0.717, 1.165) is 31.4 Å². The summed E-state index contributed by atoms with van der Waals surface area (Å²) in [7, 11) is 0. The van der Waals surface area contributed by atoms with E-state index in [1.165, 1.54) is 11.0 Å². The van der Waals surface area contributed by atoms with Gasteiger partial charge in [0.05, 0.1) is 22.4 Å². The van der Waals surface area contributed by atoms with Gasteiger partial charge in [0.25, 0.3) is 11.8 Å². The lowest BCUT2D eigenvalue weighted by molar-refractivity contribution is -0.138. The predicted octanol–water partition coefficient (Wildman–Crippen LogP) is 4.63. The number of aliphatic hydroxyl groups is 1. The summed E-state index contributed by atoms with van der Waals surface area (Å²) in [4.78, 5) is 35.4. The van der Waals surface area contributed by atoms with E-state index < -0.39 is 34.7 Å². The van der Waals surface area contributed by atoms with Crippen molar-refractivity contribution in [3.8, 4) is 0 Å². The van der Waals surface area contributed by atoms with Crippen molar-refractivity contribution in [3.63, 3.8) is 0 Å². The van der Waals surface area contributed by atoms with Crippen molar-refractivity contribution in [2.45, 2.75) is 83.0 Å². The molecule has 2 aromatic rings. The van der Waals surface area contributed by atoms with Gasteiger partial charge in [-0.15, -0.1) is 0 Å². The van der Waals surface area contributed by atoms with E-state index in [2.05, 4.69) is 20.6 Å². The molecule has 1 saturated heterocycles. The Balaban J connectivity index is 1.66. The zero-order valence-electron chi connectivity index (χ0n) is 22.2. The van der Waals surface area contributed by atoms with Gasteiger partial charge in [-0.25, -0.2) is 9.97 Å². The van der Waals surface area contributed by atoms with E-state index >= 15 is 0 Å². The molecule has 1 saturated carbocycles. The molecule has 0 bridgehead atoms. The van der Waals surface area contributed by atoms with E-state index in [0.29, 0.717) is 56.7 Å². The highest BCUT2D eigenvalue weighted by atomic mass is 19.4. The first kappa shape index (κ1) is 28.6. The Kier molecular flexibility index (Phi) is 8.34. The molecule has 1 aromatic heterocycles. The van der Waals surface area contributed by atoms with Gasteiger partial charge in [-0.1, -0.05) is 6.92 Å². The van der Waals surface area contributed by atoms with Gasteiger partial charge in [-0.3, -0.25) is 9.59 Å². The van der Waals surface area contributed by atoms with Gasteiger partial charge in [-0.2, -0.15) is 13.2 Å². The number of likely N-dealkylation sites (tertiary alicyclic amines) is 1. The second-order valence-corrected chi connectivity index (χ2v) is 10.6. The molecule has 212 valence electrons. The molecule has 12 heteroatoms. The summed E-state index contributed by atoms with van der Waals surface area (Å²) in [5.41, 5.74) is 3.59. The number of nitrogens with one attached hydrogen (secondary N) is 2. The summed E-state index contributed by atoms with van der Waals surface area (Å²) >= 11 is 0. The number of anilines is 3. The van der Waals surface area contributed by atoms with Gasteiger partial charge in [0, 0.05) is 24.8 Å². The maximum atomic E-state index is 14.1. The van der Waals surface area contributed by atoms with Crippen LogP contribution in [0.5, 0.6) is 0 Å². The molecule has 0 unspecified atom stereocenters. The van der Waals surface area contributed by atoms with Crippen molar-refractivity contribution in [2.75, 3.05) is 23.7 Å². The van der Waals surface area contributed by atoms with Crippen LogP contribution in [0.4, 0.5) is 30.5 Å². The van der Waals surface area contributed by atoms with Crippen LogP contribution in [-0.2, 0) is 12.6 Å². The Morgan fingerprint density at radius 3 is 2.38 bits per heavy atom. The average molecular weight is 549 g/mol. The molecule has 1 aliphatic heterocycles. The summed E-state index contributed by atoms with van der Waals surface area (Å²) in [5, 5.41) is 16.3. The van der Waals surface area contributed by atoms with Gasteiger partial charge in [-0.05, 0) is 76.5 Å². The number of hydrogen-bond acceptors (Lipinski definition) is 7. The monoisotopic (exact) mass is 548 g/mol. The highest BCUT2D eigenvalue weighted by Gasteiger charge is 2.37. The molecule has 5 N–H and O–H groups in total. The summed E-state index contributed by atoms with van der Waals surface area (Å²) in [6.45, 7) is 4.48. The first-order valence-electron chi connectivity index (χ1n) is 13.3. The molecule has 1 aliphatic carbocycles. The third kappa shape index (κ3) is 6.78. The van der Waals surface area contributed by atoms with Crippen LogP contribution in [0.15, 0.2) is 18.2 Å². The number of piperidine rings is 1. The maximum absolute atomic E-state index is 14.1. The van der Waals surface area contributed by atoms with Crippen molar-refractivity contribution < 1.29 is 27.9 Å². The fourth-order valence-corrected chi connectivity index (χ4v) is 5.12. The third-order valence-electron chi connectivity index (χ3n) is 7.40. The van der Waals surface area contributed by atoms with E-state index in [1.54, 1.807) is 6.92 Å². The molecular weight excluding hydrogens is 513 g/mol.